The van der Waals surface area contributed by atoms with Crippen LogP contribution in [0.25, 0.3) is 0 Å². The smallest absolute Gasteiger partial charge is 0.256 e. The highest BCUT2D eigenvalue weighted by molar-refractivity contribution is 6.02. The molecule has 1 atom stereocenters. The van der Waals surface area contributed by atoms with Gasteiger partial charge in [-0.2, -0.15) is 0 Å². The Bertz CT molecular complexity index is 734. The van der Waals surface area contributed by atoms with Crippen LogP contribution in [-0.2, 0) is 4.79 Å². The topological polar surface area (TPSA) is 52.7 Å². The van der Waals surface area contributed by atoms with Crippen molar-refractivity contribution in [3.05, 3.63) is 23.8 Å². The van der Waals surface area contributed by atoms with Crippen molar-refractivity contribution in [1.29, 1.82) is 0 Å². The first-order valence-corrected chi connectivity index (χ1v) is 12.5. The summed E-state index contributed by atoms with van der Waals surface area (Å²) in [6, 6.07) is 5.95. The van der Waals surface area contributed by atoms with Crippen molar-refractivity contribution in [2.75, 3.05) is 36.4 Å². The van der Waals surface area contributed by atoms with E-state index in [-0.39, 0.29) is 17.7 Å². The Balaban J connectivity index is 1.83. The number of unbranched alkanes of at least 4 members (excludes halogenated alkanes) is 1. The number of likely N-dealkylation sites (tertiary alicyclic amines) is 1. The first-order valence-electron chi connectivity index (χ1n) is 12.5. The number of nitrogens with zero attached hydrogens (tertiary/aromatic N) is 2. The number of hydrogen-bond donors (Lipinski definition) is 1. The minimum atomic E-state index is 0.0319. The molecule has 2 fully saturated rings. The van der Waals surface area contributed by atoms with Crippen LogP contribution in [0.4, 0.5) is 11.4 Å². The molecule has 2 saturated heterocycles. The summed E-state index contributed by atoms with van der Waals surface area (Å²) in [6.45, 7) is 10.2. The van der Waals surface area contributed by atoms with Crippen molar-refractivity contribution in [3.63, 3.8) is 0 Å². The van der Waals surface area contributed by atoms with Gasteiger partial charge in [0.15, 0.2) is 0 Å². The van der Waals surface area contributed by atoms with Gasteiger partial charge in [-0.1, -0.05) is 33.6 Å². The van der Waals surface area contributed by atoms with Gasteiger partial charge in [0.25, 0.3) is 5.91 Å². The van der Waals surface area contributed by atoms with Crippen LogP contribution in [0.15, 0.2) is 18.2 Å². The van der Waals surface area contributed by atoms with E-state index in [1.165, 1.54) is 6.42 Å². The van der Waals surface area contributed by atoms with E-state index in [0.29, 0.717) is 0 Å². The maximum absolute atomic E-state index is 13.5. The van der Waals surface area contributed by atoms with Crippen LogP contribution in [0.2, 0.25) is 0 Å². The molecule has 5 heteroatoms. The zero-order valence-electron chi connectivity index (χ0n) is 19.8. The number of nitrogens with one attached hydrogen (secondary N) is 1. The Labute approximate surface area is 188 Å². The normalized spacial score (nSPS) is 18.7. The third-order valence-electron chi connectivity index (χ3n) is 7.03. The minimum Gasteiger partial charge on any atom is -0.371 e. The van der Waals surface area contributed by atoms with E-state index in [4.69, 9.17) is 0 Å². The van der Waals surface area contributed by atoms with Crippen molar-refractivity contribution < 1.29 is 9.59 Å². The number of piperidine rings is 2. The Morgan fingerprint density at radius 2 is 1.77 bits per heavy atom. The summed E-state index contributed by atoms with van der Waals surface area (Å²) in [4.78, 5) is 30.7. The number of carbonyl (C=O) groups excluding carboxylic acids is 2. The van der Waals surface area contributed by atoms with Gasteiger partial charge in [0.1, 0.15) is 0 Å². The molecule has 2 aliphatic heterocycles. The fraction of sp³-hybridized carbons (Fsp3) is 0.692. The average molecular weight is 428 g/mol. The van der Waals surface area contributed by atoms with Crippen LogP contribution < -0.4 is 10.2 Å². The lowest BCUT2D eigenvalue weighted by atomic mass is 9.97. The van der Waals surface area contributed by atoms with Gasteiger partial charge >= 0.3 is 0 Å². The number of hydrogen-bond acceptors (Lipinski definition) is 3. The number of anilines is 2. The number of amides is 2. The highest BCUT2D eigenvalue weighted by atomic mass is 16.2. The van der Waals surface area contributed by atoms with Gasteiger partial charge in [0.05, 0.1) is 5.56 Å². The molecule has 1 aromatic carbocycles. The van der Waals surface area contributed by atoms with E-state index in [2.05, 4.69) is 37.1 Å². The van der Waals surface area contributed by atoms with Gasteiger partial charge in [0.2, 0.25) is 5.91 Å². The van der Waals surface area contributed by atoms with Crippen LogP contribution in [-0.4, -0.2) is 42.9 Å². The van der Waals surface area contributed by atoms with E-state index in [1.54, 1.807) is 0 Å². The standard InChI is InChI=1S/C26H41N3O2/c1-4-6-10-21(5-2)25(30)27-22-11-12-24(28-17-13-20(3)14-18-28)23(19-22)26(31)29-15-8-7-9-16-29/h11-12,19-21H,4-10,13-18H2,1-3H3,(H,27,30)/t21-/m0/s1. The van der Waals surface area contributed by atoms with Crippen LogP contribution in [0.1, 0.15) is 88.9 Å². The molecule has 1 aromatic rings. The van der Waals surface area contributed by atoms with E-state index >= 15 is 0 Å². The molecule has 0 bridgehead atoms. The second-order valence-corrected chi connectivity index (χ2v) is 9.49. The Kier molecular flexibility index (Phi) is 8.79. The molecule has 1 N–H and O–H groups in total. The second kappa shape index (κ2) is 11.5. The Morgan fingerprint density at radius 1 is 1.06 bits per heavy atom. The molecule has 0 aromatic heterocycles. The number of carbonyl (C=O) groups is 2. The van der Waals surface area contributed by atoms with E-state index < -0.39 is 0 Å². The third-order valence-corrected chi connectivity index (χ3v) is 7.03. The zero-order chi connectivity index (χ0) is 22.2. The van der Waals surface area contributed by atoms with Gasteiger partial charge < -0.3 is 15.1 Å². The molecule has 172 valence electrons. The molecule has 0 radical (unpaired) electrons. The van der Waals surface area contributed by atoms with Crippen LogP contribution >= 0.6 is 0 Å². The van der Waals surface area contributed by atoms with E-state index in [9.17, 15) is 9.59 Å². The summed E-state index contributed by atoms with van der Waals surface area (Å²) in [7, 11) is 0. The molecule has 2 heterocycles. The quantitative estimate of drug-likeness (QED) is 0.579. The summed E-state index contributed by atoms with van der Waals surface area (Å²) in [5.41, 5.74) is 2.52. The summed E-state index contributed by atoms with van der Waals surface area (Å²) in [5, 5.41) is 3.11. The van der Waals surface area contributed by atoms with Gasteiger partial charge in [-0.05, 0) is 69.1 Å². The van der Waals surface area contributed by atoms with Crippen LogP contribution in [0, 0.1) is 11.8 Å². The summed E-state index contributed by atoms with van der Waals surface area (Å²) in [5.74, 6) is 0.962. The number of benzene rings is 1. The van der Waals surface area contributed by atoms with Crippen molar-refractivity contribution >= 4 is 23.2 Å². The minimum absolute atomic E-state index is 0.0319. The maximum Gasteiger partial charge on any atom is 0.256 e. The lowest BCUT2D eigenvalue weighted by molar-refractivity contribution is -0.120. The van der Waals surface area contributed by atoms with Crippen molar-refractivity contribution in [1.82, 2.24) is 4.90 Å². The third kappa shape index (κ3) is 6.24. The molecule has 3 rings (SSSR count). The molecule has 0 unspecified atom stereocenters. The number of rotatable bonds is 8. The first-order chi connectivity index (χ1) is 15.0. The van der Waals surface area contributed by atoms with Crippen molar-refractivity contribution in [3.8, 4) is 0 Å². The second-order valence-electron chi connectivity index (χ2n) is 9.49. The average Bonchev–Trinajstić information content (AvgIpc) is 2.80. The highest BCUT2D eigenvalue weighted by Crippen LogP contribution is 2.30. The van der Waals surface area contributed by atoms with E-state index in [1.807, 2.05) is 17.0 Å². The maximum atomic E-state index is 13.5. The molecule has 0 spiro atoms. The fourth-order valence-corrected chi connectivity index (χ4v) is 4.79. The van der Waals surface area contributed by atoms with Gasteiger partial charge in [-0.25, -0.2) is 0 Å². The lowest BCUT2D eigenvalue weighted by Crippen LogP contribution is -2.38. The summed E-state index contributed by atoms with van der Waals surface area (Å²) in [6.07, 6.45) is 9.60. The SMILES string of the molecule is CCCC[C@H](CC)C(=O)Nc1ccc(N2CCC(C)CC2)c(C(=O)N2CCCCC2)c1. The predicted octanol–water partition coefficient (Wildman–Crippen LogP) is 5.70. The first kappa shape index (κ1) is 23.6. The summed E-state index contributed by atoms with van der Waals surface area (Å²) >= 11 is 0. The predicted molar refractivity (Wildman–Crippen MR) is 129 cm³/mol. The van der Waals surface area contributed by atoms with Gasteiger partial charge in [0, 0.05) is 43.5 Å². The largest absolute Gasteiger partial charge is 0.371 e. The molecular weight excluding hydrogens is 386 g/mol. The fourth-order valence-electron chi connectivity index (χ4n) is 4.79. The lowest BCUT2D eigenvalue weighted by Gasteiger charge is -2.35. The van der Waals surface area contributed by atoms with E-state index in [0.717, 1.165) is 100 Å². The molecule has 0 aliphatic carbocycles. The van der Waals surface area contributed by atoms with Gasteiger partial charge in [-0.15, -0.1) is 0 Å². The Hall–Kier alpha value is -2.04. The molecule has 5 nitrogen and oxygen atoms in total. The van der Waals surface area contributed by atoms with Crippen molar-refractivity contribution in [2.24, 2.45) is 11.8 Å². The highest BCUT2D eigenvalue weighted by Gasteiger charge is 2.26. The van der Waals surface area contributed by atoms with Crippen LogP contribution in [0.5, 0.6) is 0 Å². The zero-order valence-corrected chi connectivity index (χ0v) is 19.8. The Morgan fingerprint density at radius 3 is 2.42 bits per heavy atom. The molecular formula is C26H41N3O2. The van der Waals surface area contributed by atoms with Crippen molar-refractivity contribution in [2.45, 2.75) is 78.6 Å². The monoisotopic (exact) mass is 427 g/mol. The molecule has 31 heavy (non-hydrogen) atoms. The molecule has 2 amide bonds. The molecule has 2 aliphatic rings. The summed E-state index contributed by atoms with van der Waals surface area (Å²) < 4.78 is 0. The van der Waals surface area contributed by atoms with Gasteiger partial charge in [-0.3, -0.25) is 9.59 Å². The van der Waals surface area contributed by atoms with Crippen LogP contribution in [0.3, 0.4) is 0 Å². The molecule has 0 saturated carbocycles.